The van der Waals surface area contributed by atoms with E-state index < -0.39 is 0 Å². The van der Waals surface area contributed by atoms with Crippen LogP contribution in [0.1, 0.15) is 48.2 Å². The maximum Gasteiger partial charge on any atom is 0.150 e. The van der Waals surface area contributed by atoms with Gasteiger partial charge in [-0.25, -0.2) is 9.97 Å². The summed E-state index contributed by atoms with van der Waals surface area (Å²) in [4.78, 5) is 12.2. The van der Waals surface area contributed by atoms with Gasteiger partial charge in [0.1, 0.15) is 11.6 Å². The third-order valence-corrected chi connectivity index (χ3v) is 6.44. The van der Waals surface area contributed by atoms with E-state index in [2.05, 4.69) is 64.5 Å². The molecule has 3 aromatic rings. The van der Waals surface area contributed by atoms with Gasteiger partial charge < -0.3 is 14.6 Å². The van der Waals surface area contributed by atoms with Crippen molar-refractivity contribution in [2.24, 2.45) is 0 Å². The summed E-state index contributed by atoms with van der Waals surface area (Å²) in [5.74, 6) is 1.81. The molecule has 3 heterocycles. The van der Waals surface area contributed by atoms with Gasteiger partial charge in [0.25, 0.3) is 0 Å². The molecule has 4 rings (SSSR count). The van der Waals surface area contributed by atoms with Crippen LogP contribution in [0.3, 0.4) is 0 Å². The first-order valence-electron chi connectivity index (χ1n) is 10.4. The van der Waals surface area contributed by atoms with E-state index in [0.29, 0.717) is 6.04 Å². The number of fused-ring (bicyclic) bond motifs is 1. The van der Waals surface area contributed by atoms with Crippen LogP contribution in [0.4, 0.5) is 5.82 Å². The second-order valence-corrected chi connectivity index (χ2v) is 9.13. The van der Waals surface area contributed by atoms with E-state index in [1.165, 1.54) is 28.8 Å². The van der Waals surface area contributed by atoms with E-state index in [1.54, 1.807) is 0 Å². The van der Waals surface area contributed by atoms with E-state index in [1.807, 2.05) is 6.92 Å². The van der Waals surface area contributed by atoms with Gasteiger partial charge in [-0.3, -0.25) is 0 Å². The highest BCUT2D eigenvalue weighted by Crippen LogP contribution is 2.36. The van der Waals surface area contributed by atoms with Crippen molar-refractivity contribution in [3.63, 3.8) is 0 Å². The van der Waals surface area contributed by atoms with Gasteiger partial charge in [-0.2, -0.15) is 0 Å². The number of nitrogens with zero attached hydrogens (tertiary/aromatic N) is 4. The Bertz CT molecular complexity index is 1030. The van der Waals surface area contributed by atoms with Crippen LogP contribution in [0.15, 0.2) is 22.8 Å². The van der Waals surface area contributed by atoms with E-state index in [4.69, 9.17) is 9.97 Å². The third kappa shape index (κ3) is 3.68. The van der Waals surface area contributed by atoms with Crippen LogP contribution in [-0.2, 0) is 0 Å². The van der Waals surface area contributed by atoms with E-state index in [-0.39, 0.29) is 6.61 Å². The molecule has 5 nitrogen and oxygen atoms in total. The van der Waals surface area contributed by atoms with Gasteiger partial charge in [-0.15, -0.1) is 0 Å². The van der Waals surface area contributed by atoms with Crippen LogP contribution in [0.25, 0.3) is 16.7 Å². The first kappa shape index (κ1) is 20.4. The summed E-state index contributed by atoms with van der Waals surface area (Å²) in [6.45, 7) is 9.61. The maximum atomic E-state index is 9.57. The number of anilines is 1. The number of aliphatic hydroxyl groups is 1. The number of aliphatic hydroxyl groups excluding tert-OH is 1. The molecule has 1 saturated heterocycles. The van der Waals surface area contributed by atoms with Crippen molar-refractivity contribution in [3.05, 3.63) is 45.3 Å². The number of hydrogen-bond donors (Lipinski definition) is 1. The van der Waals surface area contributed by atoms with Crippen LogP contribution in [0.2, 0.25) is 0 Å². The fourth-order valence-corrected chi connectivity index (χ4v) is 5.47. The molecular weight excluding hydrogens is 428 g/mol. The van der Waals surface area contributed by atoms with Crippen LogP contribution >= 0.6 is 15.9 Å². The Hall–Kier alpha value is -1.92. The van der Waals surface area contributed by atoms with Gasteiger partial charge in [0.05, 0.1) is 11.1 Å². The Kier molecular flexibility index (Phi) is 5.67. The number of benzene rings is 1. The van der Waals surface area contributed by atoms with Crippen molar-refractivity contribution in [2.45, 2.75) is 59.4 Å². The summed E-state index contributed by atoms with van der Waals surface area (Å²) < 4.78 is 3.32. The van der Waals surface area contributed by atoms with Gasteiger partial charge in [0.2, 0.25) is 0 Å². The van der Waals surface area contributed by atoms with Gasteiger partial charge >= 0.3 is 0 Å². The highest BCUT2D eigenvalue weighted by molar-refractivity contribution is 9.10. The molecule has 1 unspecified atom stereocenters. The molecule has 1 N–H and O–H groups in total. The summed E-state index contributed by atoms with van der Waals surface area (Å²) in [5, 5.41) is 10.7. The monoisotopic (exact) mass is 456 g/mol. The molecule has 1 aromatic carbocycles. The van der Waals surface area contributed by atoms with Crippen LogP contribution < -0.4 is 4.90 Å². The van der Waals surface area contributed by atoms with Crippen molar-refractivity contribution >= 4 is 32.8 Å². The number of halogens is 1. The van der Waals surface area contributed by atoms with Gasteiger partial charge in [-0.1, -0.05) is 15.9 Å². The highest BCUT2D eigenvalue weighted by atomic mass is 79.9. The zero-order chi connectivity index (χ0) is 20.7. The predicted octanol–water partition coefficient (Wildman–Crippen LogP) is 5.16. The zero-order valence-corrected chi connectivity index (χ0v) is 19.3. The van der Waals surface area contributed by atoms with Crippen LogP contribution in [0, 0.1) is 27.7 Å². The lowest BCUT2D eigenvalue weighted by molar-refractivity contribution is 0.262. The molecule has 29 heavy (non-hydrogen) atoms. The molecule has 0 saturated carbocycles. The van der Waals surface area contributed by atoms with Crippen LogP contribution in [0.5, 0.6) is 0 Å². The lowest BCUT2D eigenvalue weighted by Gasteiger charge is -2.37. The summed E-state index contributed by atoms with van der Waals surface area (Å²) in [6, 6.07) is 4.64. The number of aromatic nitrogens is 3. The van der Waals surface area contributed by atoms with Crippen molar-refractivity contribution in [1.82, 2.24) is 14.5 Å². The van der Waals surface area contributed by atoms with Crippen molar-refractivity contribution in [2.75, 3.05) is 18.1 Å². The highest BCUT2D eigenvalue weighted by Gasteiger charge is 2.27. The van der Waals surface area contributed by atoms with E-state index >= 15 is 0 Å². The molecular formula is C23H29BrN4O. The second-order valence-electron chi connectivity index (χ2n) is 8.22. The van der Waals surface area contributed by atoms with Gasteiger partial charge in [-0.05, 0) is 82.2 Å². The van der Waals surface area contributed by atoms with Crippen molar-refractivity contribution < 1.29 is 5.11 Å². The lowest BCUT2D eigenvalue weighted by Crippen LogP contribution is -2.41. The molecule has 1 fully saturated rings. The minimum absolute atomic E-state index is 0.214. The summed E-state index contributed by atoms with van der Waals surface area (Å²) in [6.07, 6.45) is 6.46. The molecule has 0 radical (unpaired) electrons. The fraction of sp³-hybridized carbons (Fsp3) is 0.478. The summed E-state index contributed by atoms with van der Waals surface area (Å²) >= 11 is 3.61. The molecule has 0 aliphatic carbocycles. The Balaban J connectivity index is 1.94. The number of rotatable bonds is 4. The van der Waals surface area contributed by atoms with E-state index in [9.17, 15) is 5.11 Å². The average molecular weight is 457 g/mol. The molecule has 1 atom stereocenters. The van der Waals surface area contributed by atoms with Crippen molar-refractivity contribution in [3.8, 4) is 5.69 Å². The normalized spacial score (nSPS) is 17.3. The molecule has 0 bridgehead atoms. The zero-order valence-electron chi connectivity index (χ0n) is 17.7. The quantitative estimate of drug-likeness (QED) is 0.588. The summed E-state index contributed by atoms with van der Waals surface area (Å²) in [7, 11) is 0. The topological polar surface area (TPSA) is 54.2 Å². The Labute approximate surface area is 180 Å². The molecule has 2 aromatic heterocycles. The Morgan fingerprint density at radius 2 is 1.79 bits per heavy atom. The fourth-order valence-electron chi connectivity index (χ4n) is 4.78. The SMILES string of the molecule is Cc1nc(N2CCCCC2CCO)c2c(C)cn(-c3c(C)cc(Br)cc3C)c2n1. The Morgan fingerprint density at radius 3 is 2.48 bits per heavy atom. The molecule has 0 amide bonds. The van der Waals surface area contributed by atoms with Crippen molar-refractivity contribution in [1.29, 1.82) is 0 Å². The predicted molar refractivity (Wildman–Crippen MR) is 122 cm³/mol. The number of aryl methyl sites for hydroxylation is 4. The first-order chi connectivity index (χ1) is 13.9. The second kappa shape index (κ2) is 8.07. The first-order valence-corrected chi connectivity index (χ1v) is 11.2. The molecule has 1 aliphatic heterocycles. The molecule has 0 spiro atoms. The minimum Gasteiger partial charge on any atom is -0.396 e. The summed E-state index contributed by atoms with van der Waals surface area (Å²) in [5.41, 5.74) is 5.75. The third-order valence-electron chi connectivity index (χ3n) is 5.99. The van der Waals surface area contributed by atoms with Crippen LogP contribution in [-0.4, -0.2) is 38.8 Å². The molecule has 154 valence electrons. The largest absolute Gasteiger partial charge is 0.396 e. The number of hydrogen-bond acceptors (Lipinski definition) is 4. The standard InChI is InChI=1S/C23H29BrN4O/c1-14-11-18(24)12-15(2)21(14)28-13-16(3)20-22(25-17(4)26-23(20)28)27-9-6-5-7-19(27)8-10-29/h11-13,19,29H,5-10H2,1-4H3. The molecule has 1 aliphatic rings. The maximum absolute atomic E-state index is 9.57. The average Bonchev–Trinajstić information content (AvgIpc) is 2.97. The number of piperidine rings is 1. The van der Waals surface area contributed by atoms with Gasteiger partial charge in [0, 0.05) is 29.9 Å². The van der Waals surface area contributed by atoms with E-state index in [0.717, 1.165) is 53.0 Å². The molecule has 6 heteroatoms. The Morgan fingerprint density at radius 1 is 1.07 bits per heavy atom. The van der Waals surface area contributed by atoms with Gasteiger partial charge in [0.15, 0.2) is 5.65 Å². The smallest absolute Gasteiger partial charge is 0.150 e. The minimum atomic E-state index is 0.214. The lowest BCUT2D eigenvalue weighted by atomic mass is 9.99.